The monoisotopic (exact) mass is 245 g/mol. The zero-order valence-corrected chi connectivity index (χ0v) is 10.1. The molecule has 0 aromatic carbocycles. The summed E-state index contributed by atoms with van der Waals surface area (Å²) in [6, 6.07) is 4.08. The van der Waals surface area contributed by atoms with Crippen molar-refractivity contribution in [2.45, 2.75) is 31.8 Å². The van der Waals surface area contributed by atoms with Crippen LogP contribution < -0.4 is 5.32 Å². The molecule has 0 aliphatic heterocycles. The average Bonchev–Trinajstić information content (AvgIpc) is 2.90. The number of carbonyl (C=O) groups is 1. The van der Waals surface area contributed by atoms with E-state index < -0.39 is 0 Å². The normalized spacial score (nSPS) is 16.5. The van der Waals surface area contributed by atoms with Crippen molar-refractivity contribution >= 4 is 5.91 Å². The Hall–Kier alpha value is -2.11. The second kappa shape index (κ2) is 4.29. The molecule has 94 valence electrons. The maximum Gasteiger partial charge on any atom is 0.268 e. The van der Waals surface area contributed by atoms with Gasteiger partial charge in [-0.1, -0.05) is 0 Å². The summed E-state index contributed by atoms with van der Waals surface area (Å²) in [5.41, 5.74) is 0.712. The highest BCUT2D eigenvalue weighted by Crippen LogP contribution is 2.36. The van der Waals surface area contributed by atoms with Crippen molar-refractivity contribution in [3.8, 4) is 0 Å². The molecule has 1 fully saturated rings. The van der Waals surface area contributed by atoms with E-state index in [2.05, 4.69) is 20.5 Å². The van der Waals surface area contributed by atoms with Gasteiger partial charge in [0.2, 0.25) is 0 Å². The first-order valence-electron chi connectivity index (χ1n) is 6.08. The molecule has 2 heterocycles. The molecule has 1 amide bonds. The standard InChI is InChI=1S/C12H15N5O/c1-8(11-13-7-14-16-11)15-12(18)10-3-2-6-17(10)9-4-5-9/h2-3,6-9H,4-5H2,1H3,(H,15,18)(H,13,14,16). The summed E-state index contributed by atoms with van der Waals surface area (Å²) in [5, 5.41) is 9.45. The van der Waals surface area contributed by atoms with Gasteiger partial charge in [-0.05, 0) is 31.9 Å². The highest BCUT2D eigenvalue weighted by atomic mass is 16.2. The number of rotatable bonds is 4. The van der Waals surface area contributed by atoms with Crippen LogP contribution in [0.2, 0.25) is 0 Å². The third-order valence-electron chi connectivity index (χ3n) is 3.14. The van der Waals surface area contributed by atoms with Crippen molar-refractivity contribution in [1.82, 2.24) is 25.1 Å². The Morgan fingerprint density at radius 3 is 3.11 bits per heavy atom. The summed E-state index contributed by atoms with van der Waals surface area (Å²) in [4.78, 5) is 16.2. The first-order valence-corrected chi connectivity index (χ1v) is 6.08. The van der Waals surface area contributed by atoms with Crippen molar-refractivity contribution in [3.63, 3.8) is 0 Å². The van der Waals surface area contributed by atoms with Crippen LogP contribution in [0.4, 0.5) is 0 Å². The Morgan fingerprint density at radius 2 is 2.44 bits per heavy atom. The number of nitrogens with one attached hydrogen (secondary N) is 2. The van der Waals surface area contributed by atoms with Gasteiger partial charge in [0.15, 0.2) is 0 Å². The van der Waals surface area contributed by atoms with Crippen LogP contribution in [0.5, 0.6) is 0 Å². The lowest BCUT2D eigenvalue weighted by atomic mass is 10.3. The lowest BCUT2D eigenvalue weighted by Gasteiger charge is -2.12. The molecule has 6 heteroatoms. The third-order valence-corrected chi connectivity index (χ3v) is 3.14. The minimum absolute atomic E-state index is 0.0733. The molecular weight excluding hydrogens is 230 g/mol. The van der Waals surface area contributed by atoms with Crippen molar-refractivity contribution in [2.24, 2.45) is 0 Å². The van der Waals surface area contributed by atoms with Gasteiger partial charge in [0.25, 0.3) is 5.91 Å². The van der Waals surface area contributed by atoms with E-state index in [4.69, 9.17) is 0 Å². The molecule has 1 aliphatic rings. The van der Waals surface area contributed by atoms with Crippen molar-refractivity contribution in [3.05, 3.63) is 36.2 Å². The van der Waals surface area contributed by atoms with Crippen LogP contribution in [0.1, 0.15) is 48.2 Å². The van der Waals surface area contributed by atoms with Crippen LogP contribution in [0.15, 0.2) is 24.7 Å². The number of hydrogen-bond donors (Lipinski definition) is 2. The van der Waals surface area contributed by atoms with Crippen molar-refractivity contribution < 1.29 is 4.79 Å². The summed E-state index contributed by atoms with van der Waals surface area (Å²) >= 11 is 0. The van der Waals surface area contributed by atoms with E-state index in [1.54, 1.807) is 0 Å². The quantitative estimate of drug-likeness (QED) is 0.855. The molecule has 1 atom stereocenters. The van der Waals surface area contributed by atoms with E-state index in [-0.39, 0.29) is 11.9 Å². The number of hydrogen-bond acceptors (Lipinski definition) is 3. The lowest BCUT2D eigenvalue weighted by Crippen LogP contribution is -2.29. The number of amides is 1. The van der Waals surface area contributed by atoms with Gasteiger partial charge in [-0.15, -0.1) is 0 Å². The Kier molecular flexibility index (Phi) is 2.62. The summed E-state index contributed by atoms with van der Waals surface area (Å²) < 4.78 is 2.04. The molecule has 2 N–H and O–H groups in total. The Bertz CT molecular complexity index is 541. The fourth-order valence-electron chi connectivity index (χ4n) is 2.02. The van der Waals surface area contributed by atoms with E-state index in [9.17, 15) is 4.79 Å². The first-order chi connectivity index (χ1) is 8.75. The molecule has 3 rings (SSSR count). The zero-order valence-electron chi connectivity index (χ0n) is 10.1. The van der Waals surface area contributed by atoms with E-state index in [1.807, 2.05) is 29.8 Å². The van der Waals surface area contributed by atoms with Crippen LogP contribution in [0.3, 0.4) is 0 Å². The minimum Gasteiger partial charge on any atom is -0.341 e. The maximum atomic E-state index is 12.2. The maximum absolute atomic E-state index is 12.2. The molecule has 2 aromatic heterocycles. The number of aromatic amines is 1. The van der Waals surface area contributed by atoms with Crippen LogP contribution in [0.25, 0.3) is 0 Å². The van der Waals surface area contributed by atoms with E-state index in [0.717, 1.165) is 12.8 Å². The Balaban J connectivity index is 1.72. The Labute approximate surface area is 104 Å². The molecular formula is C12H15N5O. The van der Waals surface area contributed by atoms with Crippen LogP contribution >= 0.6 is 0 Å². The van der Waals surface area contributed by atoms with Gasteiger partial charge in [0.1, 0.15) is 17.8 Å². The van der Waals surface area contributed by atoms with Crippen LogP contribution in [-0.2, 0) is 0 Å². The molecule has 18 heavy (non-hydrogen) atoms. The predicted octanol–water partition coefficient (Wildman–Crippen LogP) is 1.43. The first kappa shape index (κ1) is 11.0. The summed E-state index contributed by atoms with van der Waals surface area (Å²) in [7, 11) is 0. The summed E-state index contributed by atoms with van der Waals surface area (Å²) in [5.74, 6) is 0.587. The fourth-order valence-corrected chi connectivity index (χ4v) is 2.02. The molecule has 6 nitrogen and oxygen atoms in total. The van der Waals surface area contributed by atoms with E-state index in [1.165, 1.54) is 6.33 Å². The minimum atomic E-state index is -0.178. The molecule has 0 saturated heterocycles. The van der Waals surface area contributed by atoms with Gasteiger partial charge in [-0.25, -0.2) is 4.98 Å². The molecule has 0 spiro atoms. The summed E-state index contributed by atoms with van der Waals surface area (Å²) in [6.07, 6.45) is 5.72. The molecule has 1 unspecified atom stereocenters. The van der Waals surface area contributed by atoms with E-state index >= 15 is 0 Å². The molecule has 0 radical (unpaired) electrons. The number of aromatic nitrogens is 4. The zero-order chi connectivity index (χ0) is 12.5. The molecule has 0 bridgehead atoms. The van der Waals surface area contributed by atoms with Gasteiger partial charge >= 0.3 is 0 Å². The second-order valence-electron chi connectivity index (χ2n) is 4.60. The van der Waals surface area contributed by atoms with Crippen LogP contribution in [-0.4, -0.2) is 25.7 Å². The van der Waals surface area contributed by atoms with Crippen LogP contribution in [0, 0.1) is 0 Å². The number of carbonyl (C=O) groups excluding carboxylic acids is 1. The van der Waals surface area contributed by atoms with Gasteiger partial charge in [-0.3, -0.25) is 9.89 Å². The SMILES string of the molecule is CC(NC(=O)c1cccn1C1CC1)c1ncn[nH]1. The van der Waals surface area contributed by atoms with Crippen molar-refractivity contribution in [2.75, 3.05) is 0 Å². The molecule has 1 saturated carbocycles. The fraction of sp³-hybridized carbons (Fsp3) is 0.417. The second-order valence-corrected chi connectivity index (χ2v) is 4.60. The molecule has 2 aromatic rings. The smallest absolute Gasteiger partial charge is 0.268 e. The highest BCUT2D eigenvalue weighted by molar-refractivity contribution is 5.93. The van der Waals surface area contributed by atoms with E-state index in [0.29, 0.717) is 17.6 Å². The largest absolute Gasteiger partial charge is 0.341 e. The van der Waals surface area contributed by atoms with Gasteiger partial charge < -0.3 is 9.88 Å². The predicted molar refractivity (Wildman–Crippen MR) is 65.0 cm³/mol. The van der Waals surface area contributed by atoms with Crippen molar-refractivity contribution in [1.29, 1.82) is 0 Å². The lowest BCUT2D eigenvalue weighted by molar-refractivity contribution is 0.0928. The number of nitrogens with zero attached hydrogens (tertiary/aromatic N) is 3. The van der Waals surface area contributed by atoms with Gasteiger partial charge in [0, 0.05) is 12.2 Å². The number of H-pyrrole nitrogens is 1. The summed E-state index contributed by atoms with van der Waals surface area (Å²) in [6.45, 7) is 1.88. The Morgan fingerprint density at radius 1 is 1.61 bits per heavy atom. The topological polar surface area (TPSA) is 75.6 Å². The highest BCUT2D eigenvalue weighted by Gasteiger charge is 2.27. The third kappa shape index (κ3) is 2.01. The average molecular weight is 245 g/mol. The van der Waals surface area contributed by atoms with Gasteiger partial charge in [0.05, 0.1) is 6.04 Å². The van der Waals surface area contributed by atoms with Gasteiger partial charge in [-0.2, -0.15) is 5.10 Å². The molecule has 1 aliphatic carbocycles.